The summed E-state index contributed by atoms with van der Waals surface area (Å²) in [6, 6.07) is 5.58. The maximum atomic E-state index is 11.8. The maximum absolute atomic E-state index is 11.8. The van der Waals surface area contributed by atoms with E-state index in [1.54, 1.807) is 0 Å². The van der Waals surface area contributed by atoms with Crippen LogP contribution in [0.2, 0.25) is 0 Å². The molecule has 1 aromatic rings. The predicted octanol–water partition coefficient (Wildman–Crippen LogP) is 3.31. The van der Waals surface area contributed by atoms with Gasteiger partial charge in [0.15, 0.2) is 0 Å². The van der Waals surface area contributed by atoms with E-state index in [1.165, 1.54) is 43.5 Å². The van der Waals surface area contributed by atoms with Crippen molar-refractivity contribution in [2.45, 2.75) is 43.9 Å². The van der Waals surface area contributed by atoms with Crippen LogP contribution in [0.4, 0.5) is 0 Å². The maximum Gasteiger partial charge on any atom is 0.261 e. The summed E-state index contributed by atoms with van der Waals surface area (Å²) in [5.41, 5.74) is 0.433. The van der Waals surface area contributed by atoms with Gasteiger partial charge in [-0.2, -0.15) is 0 Å². The Morgan fingerprint density at radius 2 is 1.70 bits per heavy atom. The van der Waals surface area contributed by atoms with E-state index < -0.39 is 9.05 Å². The molecule has 0 aromatic heterocycles. The highest BCUT2D eigenvalue weighted by atomic mass is 35.7. The van der Waals surface area contributed by atoms with E-state index in [2.05, 4.69) is 12.2 Å². The lowest BCUT2D eigenvalue weighted by Gasteiger charge is -2.05. The van der Waals surface area contributed by atoms with Crippen LogP contribution in [0, 0.1) is 0 Å². The van der Waals surface area contributed by atoms with E-state index in [9.17, 15) is 13.2 Å². The van der Waals surface area contributed by atoms with Crippen molar-refractivity contribution in [3.63, 3.8) is 0 Å². The summed E-state index contributed by atoms with van der Waals surface area (Å²) in [5, 5.41) is 2.81. The molecule has 1 amide bonds. The summed E-state index contributed by atoms with van der Waals surface area (Å²) >= 11 is 0. The van der Waals surface area contributed by atoms with Gasteiger partial charge in [-0.3, -0.25) is 4.79 Å². The van der Waals surface area contributed by atoms with Crippen molar-refractivity contribution in [2.75, 3.05) is 6.54 Å². The second-order valence-electron chi connectivity index (χ2n) is 4.63. The molecular formula is C14H20ClNO3S. The number of nitrogens with one attached hydrogen (secondary N) is 1. The standard InChI is InChI=1S/C14H20ClNO3S/c1-2-3-4-5-6-11-16-14(17)12-7-9-13(10-8-12)20(15,18)19/h7-10H,2-6,11H2,1H3,(H,16,17). The Balaban J connectivity index is 2.40. The molecule has 1 N–H and O–H groups in total. The van der Waals surface area contributed by atoms with Gasteiger partial charge in [0, 0.05) is 22.8 Å². The summed E-state index contributed by atoms with van der Waals surface area (Å²) in [6.45, 7) is 2.80. The number of carbonyl (C=O) groups excluding carboxylic acids is 1. The number of hydrogen-bond donors (Lipinski definition) is 1. The molecule has 0 fully saturated rings. The third-order valence-electron chi connectivity index (χ3n) is 2.96. The third kappa shape index (κ3) is 5.92. The molecule has 0 atom stereocenters. The van der Waals surface area contributed by atoms with Crippen molar-refractivity contribution < 1.29 is 13.2 Å². The summed E-state index contributed by atoms with van der Waals surface area (Å²) in [5.74, 6) is -0.195. The smallest absolute Gasteiger partial charge is 0.261 e. The fourth-order valence-electron chi connectivity index (χ4n) is 1.80. The van der Waals surface area contributed by atoms with Gasteiger partial charge in [0.25, 0.3) is 15.0 Å². The molecule has 0 aliphatic rings. The average molecular weight is 318 g/mol. The Labute approximate surface area is 124 Å². The van der Waals surface area contributed by atoms with Crippen LogP contribution < -0.4 is 5.32 Å². The Morgan fingerprint density at radius 3 is 2.25 bits per heavy atom. The molecule has 0 aliphatic carbocycles. The second-order valence-corrected chi connectivity index (χ2v) is 7.20. The normalized spacial score (nSPS) is 11.3. The first-order valence-electron chi connectivity index (χ1n) is 6.78. The molecule has 0 unspecified atom stereocenters. The monoisotopic (exact) mass is 317 g/mol. The van der Waals surface area contributed by atoms with Crippen molar-refractivity contribution in [1.29, 1.82) is 0 Å². The molecule has 0 aliphatic heterocycles. The molecular weight excluding hydrogens is 298 g/mol. The minimum atomic E-state index is -3.73. The first-order chi connectivity index (χ1) is 9.45. The van der Waals surface area contributed by atoms with E-state index in [0.717, 1.165) is 12.8 Å². The van der Waals surface area contributed by atoms with Crippen molar-refractivity contribution in [1.82, 2.24) is 5.32 Å². The average Bonchev–Trinajstić information content (AvgIpc) is 2.41. The Kier molecular flexibility index (Phi) is 7.02. The van der Waals surface area contributed by atoms with Gasteiger partial charge in [-0.25, -0.2) is 8.42 Å². The quantitative estimate of drug-likeness (QED) is 0.591. The van der Waals surface area contributed by atoms with Crippen molar-refractivity contribution in [3.05, 3.63) is 29.8 Å². The largest absolute Gasteiger partial charge is 0.352 e. The Morgan fingerprint density at radius 1 is 1.10 bits per heavy atom. The van der Waals surface area contributed by atoms with Gasteiger partial charge in [0.05, 0.1) is 4.90 Å². The number of rotatable bonds is 8. The van der Waals surface area contributed by atoms with Gasteiger partial charge in [-0.15, -0.1) is 0 Å². The molecule has 0 spiro atoms. The number of halogens is 1. The SMILES string of the molecule is CCCCCCCNC(=O)c1ccc(S(=O)(=O)Cl)cc1. The fraction of sp³-hybridized carbons (Fsp3) is 0.500. The van der Waals surface area contributed by atoms with Crippen molar-refractivity contribution in [2.24, 2.45) is 0 Å². The Hall–Kier alpha value is -1.07. The number of unbranched alkanes of at least 4 members (excludes halogenated alkanes) is 4. The lowest BCUT2D eigenvalue weighted by molar-refractivity contribution is 0.0953. The lowest BCUT2D eigenvalue weighted by atomic mass is 10.1. The molecule has 4 nitrogen and oxygen atoms in total. The van der Waals surface area contributed by atoms with Gasteiger partial charge >= 0.3 is 0 Å². The number of carbonyl (C=O) groups is 1. The van der Waals surface area contributed by atoms with E-state index in [-0.39, 0.29) is 10.8 Å². The van der Waals surface area contributed by atoms with E-state index >= 15 is 0 Å². The molecule has 1 aromatic carbocycles. The minimum absolute atomic E-state index is 0.00437. The van der Waals surface area contributed by atoms with E-state index in [4.69, 9.17) is 10.7 Å². The van der Waals surface area contributed by atoms with Crippen molar-refractivity contribution >= 4 is 25.6 Å². The van der Waals surface area contributed by atoms with Crippen molar-refractivity contribution in [3.8, 4) is 0 Å². The second kappa shape index (κ2) is 8.27. The molecule has 0 saturated heterocycles. The zero-order valence-electron chi connectivity index (χ0n) is 11.6. The van der Waals surface area contributed by atoms with Crippen LogP contribution in [0.25, 0.3) is 0 Å². The highest BCUT2D eigenvalue weighted by molar-refractivity contribution is 8.13. The van der Waals surface area contributed by atoms with Gasteiger partial charge in [-0.05, 0) is 30.7 Å². The van der Waals surface area contributed by atoms with Gasteiger partial charge in [-0.1, -0.05) is 32.6 Å². The summed E-state index contributed by atoms with van der Waals surface area (Å²) in [7, 11) is 1.47. The molecule has 0 bridgehead atoms. The highest BCUT2D eigenvalue weighted by Crippen LogP contribution is 2.15. The van der Waals surface area contributed by atoms with Gasteiger partial charge < -0.3 is 5.32 Å². The van der Waals surface area contributed by atoms with Crippen LogP contribution in [0.1, 0.15) is 49.4 Å². The number of amides is 1. The highest BCUT2D eigenvalue weighted by Gasteiger charge is 2.11. The van der Waals surface area contributed by atoms with Gasteiger partial charge in [0.1, 0.15) is 0 Å². The summed E-state index contributed by atoms with van der Waals surface area (Å²) < 4.78 is 22.2. The zero-order valence-corrected chi connectivity index (χ0v) is 13.1. The molecule has 112 valence electrons. The topological polar surface area (TPSA) is 63.2 Å². The van der Waals surface area contributed by atoms with Crippen LogP contribution in [0.3, 0.4) is 0 Å². The number of benzene rings is 1. The minimum Gasteiger partial charge on any atom is -0.352 e. The van der Waals surface area contributed by atoms with Gasteiger partial charge in [0.2, 0.25) is 0 Å². The first-order valence-corrected chi connectivity index (χ1v) is 9.09. The fourth-order valence-corrected chi connectivity index (χ4v) is 2.57. The third-order valence-corrected chi connectivity index (χ3v) is 4.33. The molecule has 0 saturated carbocycles. The Bertz CT molecular complexity index is 526. The van der Waals surface area contributed by atoms with E-state index in [0.29, 0.717) is 12.1 Å². The number of hydrogen-bond acceptors (Lipinski definition) is 3. The van der Waals surface area contributed by atoms with E-state index in [1.807, 2.05) is 0 Å². The molecule has 0 heterocycles. The molecule has 20 heavy (non-hydrogen) atoms. The molecule has 6 heteroatoms. The molecule has 1 rings (SSSR count). The van der Waals surface area contributed by atoms with Crippen LogP contribution >= 0.6 is 10.7 Å². The summed E-state index contributed by atoms with van der Waals surface area (Å²) in [6.07, 6.45) is 5.68. The van der Waals surface area contributed by atoms with Crippen LogP contribution in [0.15, 0.2) is 29.2 Å². The first kappa shape index (κ1) is 17.0. The molecule has 0 radical (unpaired) electrons. The lowest BCUT2D eigenvalue weighted by Crippen LogP contribution is -2.24. The van der Waals surface area contributed by atoms with Crippen LogP contribution in [-0.4, -0.2) is 20.9 Å². The predicted molar refractivity (Wildman–Crippen MR) is 80.6 cm³/mol. The summed E-state index contributed by atoms with van der Waals surface area (Å²) in [4.78, 5) is 11.8. The van der Waals surface area contributed by atoms with Crippen LogP contribution in [0.5, 0.6) is 0 Å². The zero-order chi connectivity index (χ0) is 15.0. The van der Waals surface area contributed by atoms with Crippen LogP contribution in [-0.2, 0) is 9.05 Å².